The van der Waals surface area contributed by atoms with Gasteiger partial charge in [0.25, 0.3) is 0 Å². The predicted octanol–water partition coefficient (Wildman–Crippen LogP) is 1.33. The Morgan fingerprint density at radius 2 is 2.05 bits per heavy atom. The van der Waals surface area contributed by atoms with Crippen LogP contribution in [0.15, 0.2) is 24.3 Å². The SMILES string of the molecule is CC(=O)N1CCC(NC(=O)CCc2cccc(N)c2)CC1. The second kappa shape index (κ2) is 7.11. The first-order valence-corrected chi connectivity index (χ1v) is 7.44. The minimum atomic E-state index is 0.0682. The normalized spacial score (nSPS) is 15.8. The zero-order valence-corrected chi connectivity index (χ0v) is 12.5. The fraction of sp³-hybridized carbons (Fsp3) is 0.500. The van der Waals surface area contributed by atoms with Gasteiger partial charge in [-0.05, 0) is 37.0 Å². The van der Waals surface area contributed by atoms with Gasteiger partial charge in [-0.1, -0.05) is 12.1 Å². The number of nitrogens with two attached hydrogens (primary N) is 1. The fourth-order valence-electron chi connectivity index (χ4n) is 2.65. The summed E-state index contributed by atoms with van der Waals surface area (Å²) >= 11 is 0. The number of hydrogen-bond donors (Lipinski definition) is 2. The lowest BCUT2D eigenvalue weighted by molar-refractivity contribution is -0.130. The fourth-order valence-corrected chi connectivity index (χ4v) is 2.65. The maximum absolute atomic E-state index is 12.0. The molecule has 114 valence electrons. The van der Waals surface area contributed by atoms with E-state index in [1.807, 2.05) is 29.2 Å². The highest BCUT2D eigenvalue weighted by Crippen LogP contribution is 2.12. The number of amides is 2. The molecular weight excluding hydrogens is 266 g/mol. The average molecular weight is 289 g/mol. The minimum absolute atomic E-state index is 0.0682. The number of nitrogens with zero attached hydrogens (tertiary/aromatic N) is 1. The van der Waals surface area contributed by atoms with Gasteiger partial charge in [-0.15, -0.1) is 0 Å². The monoisotopic (exact) mass is 289 g/mol. The van der Waals surface area contributed by atoms with Crippen molar-refractivity contribution in [3.63, 3.8) is 0 Å². The summed E-state index contributed by atoms with van der Waals surface area (Å²) in [6, 6.07) is 7.81. The quantitative estimate of drug-likeness (QED) is 0.821. The van der Waals surface area contributed by atoms with Crippen LogP contribution >= 0.6 is 0 Å². The summed E-state index contributed by atoms with van der Waals surface area (Å²) in [5.41, 5.74) is 7.53. The molecule has 2 rings (SSSR count). The Balaban J connectivity index is 1.72. The number of piperidine rings is 1. The Hall–Kier alpha value is -2.04. The number of carbonyl (C=O) groups excluding carboxylic acids is 2. The highest BCUT2D eigenvalue weighted by Gasteiger charge is 2.21. The summed E-state index contributed by atoms with van der Waals surface area (Å²) in [4.78, 5) is 25.0. The van der Waals surface area contributed by atoms with E-state index in [4.69, 9.17) is 5.73 Å². The number of aryl methyl sites for hydroxylation is 1. The first-order chi connectivity index (χ1) is 10.0. The van der Waals surface area contributed by atoms with E-state index in [1.165, 1.54) is 0 Å². The molecule has 0 atom stereocenters. The van der Waals surface area contributed by atoms with E-state index in [1.54, 1.807) is 6.92 Å². The topological polar surface area (TPSA) is 75.4 Å². The molecule has 0 radical (unpaired) electrons. The Bertz CT molecular complexity index is 508. The Morgan fingerprint density at radius 1 is 1.33 bits per heavy atom. The number of anilines is 1. The van der Waals surface area contributed by atoms with Gasteiger partial charge < -0.3 is 16.0 Å². The van der Waals surface area contributed by atoms with Crippen molar-refractivity contribution in [2.45, 2.75) is 38.6 Å². The maximum Gasteiger partial charge on any atom is 0.220 e. The van der Waals surface area contributed by atoms with Crippen LogP contribution in [0.1, 0.15) is 31.7 Å². The lowest BCUT2D eigenvalue weighted by atomic mass is 10.0. The number of nitrogens with one attached hydrogen (secondary N) is 1. The second-order valence-electron chi connectivity index (χ2n) is 5.59. The van der Waals surface area contributed by atoms with Gasteiger partial charge in [0.2, 0.25) is 11.8 Å². The van der Waals surface area contributed by atoms with E-state index in [0.29, 0.717) is 12.8 Å². The summed E-state index contributed by atoms with van der Waals surface area (Å²) in [5, 5.41) is 3.06. The van der Waals surface area contributed by atoms with Gasteiger partial charge >= 0.3 is 0 Å². The number of carbonyl (C=O) groups is 2. The first kappa shape index (κ1) is 15.4. The van der Waals surface area contributed by atoms with E-state index < -0.39 is 0 Å². The molecule has 1 heterocycles. The van der Waals surface area contributed by atoms with Crippen LogP contribution in [0.4, 0.5) is 5.69 Å². The van der Waals surface area contributed by atoms with E-state index in [2.05, 4.69) is 5.32 Å². The van der Waals surface area contributed by atoms with E-state index >= 15 is 0 Å². The van der Waals surface area contributed by atoms with Gasteiger partial charge in [0.15, 0.2) is 0 Å². The molecule has 2 amide bonds. The van der Waals surface area contributed by atoms with E-state index in [0.717, 1.165) is 37.2 Å². The number of nitrogen functional groups attached to an aromatic ring is 1. The van der Waals surface area contributed by atoms with Crippen LogP contribution in [0.5, 0.6) is 0 Å². The summed E-state index contributed by atoms with van der Waals surface area (Å²) in [7, 11) is 0. The summed E-state index contributed by atoms with van der Waals surface area (Å²) in [6.45, 7) is 3.05. The maximum atomic E-state index is 12.0. The zero-order valence-electron chi connectivity index (χ0n) is 12.5. The van der Waals surface area contributed by atoms with Gasteiger partial charge in [0, 0.05) is 38.2 Å². The second-order valence-corrected chi connectivity index (χ2v) is 5.59. The molecule has 5 heteroatoms. The summed E-state index contributed by atoms with van der Waals surface area (Å²) < 4.78 is 0. The Kier molecular flexibility index (Phi) is 5.20. The molecule has 0 aliphatic carbocycles. The molecule has 0 spiro atoms. The van der Waals surface area contributed by atoms with Crippen molar-refractivity contribution in [1.29, 1.82) is 0 Å². The van der Waals surface area contributed by atoms with Crippen LogP contribution in [0.25, 0.3) is 0 Å². The molecule has 0 saturated carbocycles. The van der Waals surface area contributed by atoms with Crippen LogP contribution in [0, 0.1) is 0 Å². The molecule has 3 N–H and O–H groups in total. The van der Waals surface area contributed by atoms with Crippen molar-refractivity contribution < 1.29 is 9.59 Å². The van der Waals surface area contributed by atoms with Crippen LogP contribution in [0.3, 0.4) is 0 Å². The van der Waals surface area contributed by atoms with Crippen LogP contribution in [-0.2, 0) is 16.0 Å². The first-order valence-electron chi connectivity index (χ1n) is 7.44. The van der Waals surface area contributed by atoms with E-state index in [9.17, 15) is 9.59 Å². The van der Waals surface area contributed by atoms with Gasteiger partial charge in [0.1, 0.15) is 0 Å². The summed E-state index contributed by atoms with van der Waals surface area (Å²) in [6.07, 6.45) is 2.84. The molecule has 1 aromatic rings. The van der Waals surface area contributed by atoms with Gasteiger partial charge in [-0.2, -0.15) is 0 Å². The van der Waals surface area contributed by atoms with E-state index in [-0.39, 0.29) is 17.9 Å². The molecule has 0 aromatic heterocycles. The number of likely N-dealkylation sites (tertiary alicyclic amines) is 1. The van der Waals surface area contributed by atoms with Crippen LogP contribution in [-0.4, -0.2) is 35.8 Å². The van der Waals surface area contributed by atoms with Gasteiger partial charge in [-0.3, -0.25) is 9.59 Å². The van der Waals surface area contributed by atoms with Crippen LogP contribution in [0.2, 0.25) is 0 Å². The average Bonchev–Trinajstić information content (AvgIpc) is 2.46. The van der Waals surface area contributed by atoms with Crippen molar-refractivity contribution in [2.75, 3.05) is 18.8 Å². The van der Waals surface area contributed by atoms with Crippen molar-refractivity contribution in [3.8, 4) is 0 Å². The molecule has 1 saturated heterocycles. The molecule has 1 aromatic carbocycles. The third-order valence-electron chi connectivity index (χ3n) is 3.90. The Morgan fingerprint density at radius 3 is 2.67 bits per heavy atom. The van der Waals surface area contributed by atoms with Crippen molar-refractivity contribution in [1.82, 2.24) is 10.2 Å². The van der Waals surface area contributed by atoms with Gasteiger partial charge in [-0.25, -0.2) is 0 Å². The number of rotatable bonds is 4. The number of benzene rings is 1. The molecule has 1 fully saturated rings. The predicted molar refractivity (Wildman–Crippen MR) is 82.6 cm³/mol. The van der Waals surface area contributed by atoms with Gasteiger partial charge in [0.05, 0.1) is 0 Å². The third-order valence-corrected chi connectivity index (χ3v) is 3.90. The van der Waals surface area contributed by atoms with Crippen molar-refractivity contribution in [3.05, 3.63) is 29.8 Å². The summed E-state index contributed by atoms with van der Waals surface area (Å²) in [5.74, 6) is 0.181. The molecule has 1 aliphatic heterocycles. The lowest BCUT2D eigenvalue weighted by Crippen LogP contribution is -2.46. The number of hydrogen-bond acceptors (Lipinski definition) is 3. The third kappa shape index (κ3) is 4.77. The van der Waals surface area contributed by atoms with Crippen molar-refractivity contribution >= 4 is 17.5 Å². The highest BCUT2D eigenvalue weighted by molar-refractivity contribution is 5.76. The van der Waals surface area contributed by atoms with Crippen LogP contribution < -0.4 is 11.1 Å². The molecule has 5 nitrogen and oxygen atoms in total. The highest BCUT2D eigenvalue weighted by atomic mass is 16.2. The zero-order chi connectivity index (χ0) is 15.2. The standard InChI is InChI=1S/C16H23N3O2/c1-12(20)19-9-7-15(8-10-19)18-16(21)6-5-13-3-2-4-14(17)11-13/h2-4,11,15H,5-10,17H2,1H3,(H,18,21). The molecular formula is C16H23N3O2. The van der Waals surface area contributed by atoms with Crippen molar-refractivity contribution in [2.24, 2.45) is 0 Å². The molecule has 21 heavy (non-hydrogen) atoms. The lowest BCUT2D eigenvalue weighted by Gasteiger charge is -2.31. The minimum Gasteiger partial charge on any atom is -0.399 e. The molecule has 0 bridgehead atoms. The largest absolute Gasteiger partial charge is 0.399 e. The molecule has 0 unspecified atom stereocenters. The molecule has 1 aliphatic rings. The Labute approximate surface area is 125 Å². The smallest absolute Gasteiger partial charge is 0.220 e.